The van der Waals surface area contributed by atoms with Crippen molar-refractivity contribution in [3.8, 4) is 23.0 Å². The average molecular weight is 278 g/mol. The van der Waals surface area contributed by atoms with Gasteiger partial charge in [0.2, 0.25) is 0 Å². The number of hydrogen-bond acceptors (Lipinski definition) is 3. The fraction of sp³-hybridized carbons (Fsp3) is 0.0625. The molecule has 0 fully saturated rings. The Kier molecular flexibility index (Phi) is 3.20. The summed E-state index contributed by atoms with van der Waals surface area (Å²) in [4.78, 5) is 0. The zero-order valence-corrected chi connectivity index (χ0v) is 11.3. The van der Waals surface area contributed by atoms with Gasteiger partial charge in [0.1, 0.15) is 23.3 Å². The second kappa shape index (κ2) is 5.17. The summed E-state index contributed by atoms with van der Waals surface area (Å²) in [6.45, 7) is 1.95. The van der Waals surface area contributed by atoms with E-state index in [2.05, 4.69) is 10.3 Å². The van der Waals surface area contributed by atoms with E-state index >= 15 is 0 Å². The molecule has 0 unspecified atom stereocenters. The van der Waals surface area contributed by atoms with Crippen molar-refractivity contribution in [3.05, 3.63) is 65.6 Å². The van der Waals surface area contributed by atoms with Gasteiger partial charge in [0.05, 0.1) is 0 Å². The minimum atomic E-state index is -0.416. The van der Waals surface area contributed by atoms with Crippen LogP contribution in [0.5, 0.6) is 0 Å². The van der Waals surface area contributed by atoms with Crippen molar-refractivity contribution >= 4 is 0 Å². The van der Waals surface area contributed by atoms with Crippen LogP contribution in [-0.2, 0) is 0 Å². The van der Waals surface area contributed by atoms with Crippen molar-refractivity contribution in [2.24, 2.45) is 0 Å². The molecule has 0 saturated heterocycles. The molecule has 4 nitrogen and oxygen atoms in total. The molecule has 1 aromatic heterocycles. The van der Waals surface area contributed by atoms with E-state index in [0.29, 0.717) is 5.69 Å². The van der Waals surface area contributed by atoms with Crippen LogP contribution in [-0.4, -0.2) is 15.0 Å². The monoisotopic (exact) mass is 278 g/mol. The Bertz CT molecular complexity index is 845. The van der Waals surface area contributed by atoms with Crippen LogP contribution >= 0.6 is 0 Å². The van der Waals surface area contributed by atoms with Gasteiger partial charge in [-0.25, -0.2) is 9.07 Å². The Labute approximate surface area is 121 Å². The number of aromatic nitrogens is 3. The van der Waals surface area contributed by atoms with E-state index in [0.717, 1.165) is 11.1 Å². The summed E-state index contributed by atoms with van der Waals surface area (Å²) in [5.74, 6) is -0.416. The molecule has 0 radical (unpaired) electrons. The fourth-order valence-electron chi connectivity index (χ4n) is 2.20. The van der Waals surface area contributed by atoms with Crippen molar-refractivity contribution in [1.29, 1.82) is 5.26 Å². The van der Waals surface area contributed by atoms with Crippen molar-refractivity contribution in [1.82, 2.24) is 15.0 Å². The number of benzene rings is 2. The van der Waals surface area contributed by atoms with Crippen molar-refractivity contribution in [3.63, 3.8) is 0 Å². The molecule has 0 aliphatic heterocycles. The maximum atomic E-state index is 14.0. The number of hydrogen-bond donors (Lipinski definition) is 0. The number of halogens is 1. The topological polar surface area (TPSA) is 54.5 Å². The second-order valence-corrected chi connectivity index (χ2v) is 4.63. The van der Waals surface area contributed by atoms with Crippen LogP contribution in [0.1, 0.15) is 11.3 Å². The summed E-state index contributed by atoms with van der Waals surface area (Å²) in [6, 6.07) is 15.9. The molecule has 0 amide bonds. The summed E-state index contributed by atoms with van der Waals surface area (Å²) in [5, 5.41) is 17.0. The smallest absolute Gasteiger partial charge is 0.191 e. The third-order valence-corrected chi connectivity index (χ3v) is 3.15. The van der Waals surface area contributed by atoms with Gasteiger partial charge in [0, 0.05) is 5.56 Å². The molecule has 1 heterocycles. The number of nitriles is 1. The third-order valence-electron chi connectivity index (χ3n) is 3.15. The first-order chi connectivity index (χ1) is 10.2. The van der Waals surface area contributed by atoms with E-state index < -0.39 is 5.82 Å². The summed E-state index contributed by atoms with van der Waals surface area (Å²) in [7, 11) is 0. The van der Waals surface area contributed by atoms with Crippen molar-refractivity contribution in [2.45, 2.75) is 6.92 Å². The SMILES string of the molecule is Cc1cccc(-c2c(C#N)nnn2-c2ccccc2F)c1. The lowest BCUT2D eigenvalue weighted by molar-refractivity contribution is 0.608. The molecule has 3 rings (SSSR count). The van der Waals surface area contributed by atoms with Crippen LogP contribution in [0.2, 0.25) is 0 Å². The first-order valence-electron chi connectivity index (χ1n) is 6.38. The Morgan fingerprint density at radius 1 is 1.14 bits per heavy atom. The van der Waals surface area contributed by atoms with E-state index in [1.807, 2.05) is 37.3 Å². The largest absolute Gasteiger partial charge is 0.208 e. The Hall–Kier alpha value is -3.00. The Balaban J connectivity index is 2.28. The number of nitrogens with zero attached hydrogens (tertiary/aromatic N) is 4. The van der Waals surface area contributed by atoms with Crippen LogP contribution < -0.4 is 0 Å². The molecular formula is C16H11FN4. The van der Waals surface area contributed by atoms with E-state index in [1.165, 1.54) is 10.7 Å². The van der Waals surface area contributed by atoms with Crippen molar-refractivity contribution in [2.75, 3.05) is 0 Å². The van der Waals surface area contributed by atoms with Crippen LogP contribution in [0, 0.1) is 24.1 Å². The van der Waals surface area contributed by atoms with Crippen LogP contribution in [0.25, 0.3) is 16.9 Å². The average Bonchev–Trinajstić information content (AvgIpc) is 2.91. The molecule has 102 valence electrons. The molecule has 3 aromatic rings. The predicted octanol–water partition coefficient (Wildman–Crippen LogP) is 3.25. The first kappa shape index (κ1) is 13.0. The van der Waals surface area contributed by atoms with Gasteiger partial charge >= 0.3 is 0 Å². The Morgan fingerprint density at radius 3 is 2.67 bits per heavy atom. The summed E-state index contributed by atoms with van der Waals surface area (Å²) in [6.07, 6.45) is 0. The van der Waals surface area contributed by atoms with E-state index in [9.17, 15) is 9.65 Å². The molecule has 0 N–H and O–H groups in total. The molecular weight excluding hydrogens is 267 g/mol. The van der Waals surface area contributed by atoms with Crippen LogP contribution in [0.3, 0.4) is 0 Å². The van der Waals surface area contributed by atoms with Gasteiger partial charge in [-0.1, -0.05) is 41.1 Å². The zero-order chi connectivity index (χ0) is 14.8. The Morgan fingerprint density at radius 2 is 1.95 bits per heavy atom. The minimum Gasteiger partial charge on any atom is -0.208 e. The maximum absolute atomic E-state index is 14.0. The molecule has 5 heteroatoms. The molecule has 2 aromatic carbocycles. The third kappa shape index (κ3) is 2.28. The van der Waals surface area contributed by atoms with Gasteiger partial charge < -0.3 is 0 Å². The van der Waals surface area contributed by atoms with Gasteiger partial charge in [-0.05, 0) is 25.1 Å². The van der Waals surface area contributed by atoms with Gasteiger partial charge in [-0.3, -0.25) is 0 Å². The minimum absolute atomic E-state index is 0.170. The highest BCUT2D eigenvalue weighted by atomic mass is 19.1. The maximum Gasteiger partial charge on any atom is 0.191 e. The quantitative estimate of drug-likeness (QED) is 0.723. The van der Waals surface area contributed by atoms with E-state index in [1.54, 1.807) is 18.2 Å². The number of para-hydroxylation sites is 1. The molecule has 0 aliphatic rings. The van der Waals surface area contributed by atoms with Crippen LogP contribution in [0.15, 0.2) is 48.5 Å². The molecule has 0 bridgehead atoms. The summed E-state index contributed by atoms with van der Waals surface area (Å²) in [5.41, 5.74) is 2.75. The van der Waals surface area contributed by atoms with Gasteiger partial charge in [0.25, 0.3) is 0 Å². The molecule has 0 saturated carbocycles. The number of rotatable bonds is 2. The fourth-order valence-corrected chi connectivity index (χ4v) is 2.20. The van der Waals surface area contributed by atoms with Crippen molar-refractivity contribution < 1.29 is 4.39 Å². The predicted molar refractivity (Wildman–Crippen MR) is 76.2 cm³/mol. The molecule has 0 atom stereocenters. The van der Waals surface area contributed by atoms with Crippen LogP contribution in [0.4, 0.5) is 4.39 Å². The number of aryl methyl sites for hydroxylation is 1. The van der Waals surface area contributed by atoms with Gasteiger partial charge in [0.15, 0.2) is 5.69 Å². The lowest BCUT2D eigenvalue weighted by Gasteiger charge is -2.08. The second-order valence-electron chi connectivity index (χ2n) is 4.63. The lowest BCUT2D eigenvalue weighted by atomic mass is 10.1. The van der Waals surface area contributed by atoms with E-state index in [-0.39, 0.29) is 11.4 Å². The molecule has 21 heavy (non-hydrogen) atoms. The standard InChI is InChI=1S/C16H11FN4/c1-11-5-4-6-12(9-11)16-14(10-18)19-20-21(16)15-8-3-2-7-13(15)17/h2-9H,1H3. The first-order valence-corrected chi connectivity index (χ1v) is 6.38. The molecule has 0 spiro atoms. The summed E-state index contributed by atoms with van der Waals surface area (Å²) < 4.78 is 15.4. The highest BCUT2D eigenvalue weighted by Gasteiger charge is 2.18. The van der Waals surface area contributed by atoms with Gasteiger partial charge in [-0.2, -0.15) is 5.26 Å². The van der Waals surface area contributed by atoms with Gasteiger partial charge in [-0.15, -0.1) is 5.10 Å². The highest BCUT2D eigenvalue weighted by molar-refractivity contribution is 5.67. The van der Waals surface area contributed by atoms with E-state index in [4.69, 9.17) is 0 Å². The molecule has 0 aliphatic carbocycles. The zero-order valence-electron chi connectivity index (χ0n) is 11.3. The summed E-state index contributed by atoms with van der Waals surface area (Å²) >= 11 is 0. The lowest BCUT2D eigenvalue weighted by Crippen LogP contribution is -2.02. The highest BCUT2D eigenvalue weighted by Crippen LogP contribution is 2.26. The normalized spacial score (nSPS) is 10.3.